The summed E-state index contributed by atoms with van der Waals surface area (Å²) in [6.07, 6.45) is 2.08. The van der Waals surface area contributed by atoms with Gasteiger partial charge in [-0.05, 0) is 18.6 Å². The van der Waals surface area contributed by atoms with Gasteiger partial charge in [0.1, 0.15) is 5.82 Å². The predicted octanol–water partition coefficient (Wildman–Crippen LogP) is 3.05. The Morgan fingerprint density at radius 1 is 1.43 bits per heavy atom. The van der Waals surface area contributed by atoms with Crippen LogP contribution in [-0.2, 0) is 0 Å². The van der Waals surface area contributed by atoms with Crippen LogP contribution >= 0.6 is 11.8 Å². The molecule has 0 aliphatic heterocycles. The second-order valence-electron chi connectivity index (χ2n) is 3.29. The van der Waals surface area contributed by atoms with Crippen molar-refractivity contribution in [3.8, 4) is 0 Å². The van der Waals surface area contributed by atoms with Crippen LogP contribution < -0.4 is 5.73 Å². The van der Waals surface area contributed by atoms with Crippen LogP contribution in [0.2, 0.25) is 0 Å². The van der Waals surface area contributed by atoms with Gasteiger partial charge in [0.25, 0.3) is 0 Å². The third kappa shape index (κ3) is 3.68. The lowest BCUT2D eigenvalue weighted by atomic mass is 10.2. The van der Waals surface area contributed by atoms with E-state index in [-0.39, 0.29) is 11.9 Å². The first-order chi connectivity index (χ1) is 6.74. The van der Waals surface area contributed by atoms with Gasteiger partial charge in [0, 0.05) is 16.7 Å². The molecule has 0 unspecified atom stereocenters. The zero-order chi connectivity index (χ0) is 10.4. The summed E-state index contributed by atoms with van der Waals surface area (Å²) < 4.78 is 13.2. The third-order valence-electron chi connectivity index (χ3n) is 1.95. The van der Waals surface area contributed by atoms with Gasteiger partial charge in [-0.15, -0.1) is 11.8 Å². The first-order valence-corrected chi connectivity index (χ1v) is 5.85. The molecular formula is C11H16FNS. The Bertz CT molecular complexity index is 278. The summed E-state index contributed by atoms with van der Waals surface area (Å²) in [6.45, 7) is 2.10. The lowest BCUT2D eigenvalue weighted by Crippen LogP contribution is -2.22. The van der Waals surface area contributed by atoms with Crippen molar-refractivity contribution in [1.29, 1.82) is 0 Å². The van der Waals surface area contributed by atoms with Crippen LogP contribution in [0.25, 0.3) is 0 Å². The maximum atomic E-state index is 13.2. The smallest absolute Gasteiger partial charge is 0.136 e. The molecule has 1 aromatic rings. The lowest BCUT2D eigenvalue weighted by molar-refractivity contribution is 0.601. The zero-order valence-corrected chi connectivity index (χ0v) is 9.19. The van der Waals surface area contributed by atoms with Crippen LogP contribution in [0.5, 0.6) is 0 Å². The first kappa shape index (κ1) is 11.5. The van der Waals surface area contributed by atoms with Gasteiger partial charge < -0.3 is 5.73 Å². The highest BCUT2D eigenvalue weighted by atomic mass is 32.2. The van der Waals surface area contributed by atoms with Crippen LogP contribution in [0.15, 0.2) is 29.2 Å². The molecule has 0 aromatic heterocycles. The van der Waals surface area contributed by atoms with Gasteiger partial charge in [-0.25, -0.2) is 4.39 Å². The van der Waals surface area contributed by atoms with E-state index in [1.54, 1.807) is 12.1 Å². The van der Waals surface area contributed by atoms with E-state index in [4.69, 9.17) is 5.73 Å². The van der Waals surface area contributed by atoms with Gasteiger partial charge in [0.05, 0.1) is 0 Å². The van der Waals surface area contributed by atoms with Crippen LogP contribution in [0.4, 0.5) is 4.39 Å². The Morgan fingerprint density at radius 3 is 2.79 bits per heavy atom. The summed E-state index contributed by atoms with van der Waals surface area (Å²) >= 11 is 1.50. The van der Waals surface area contributed by atoms with Crippen molar-refractivity contribution in [3.63, 3.8) is 0 Å². The normalized spacial score (nSPS) is 12.8. The number of nitrogens with two attached hydrogens (primary N) is 1. The van der Waals surface area contributed by atoms with Gasteiger partial charge in [-0.1, -0.05) is 25.5 Å². The number of rotatable bonds is 5. The van der Waals surface area contributed by atoms with E-state index in [9.17, 15) is 4.39 Å². The number of thioether (sulfide) groups is 1. The zero-order valence-electron chi connectivity index (χ0n) is 8.37. The van der Waals surface area contributed by atoms with Crippen LogP contribution in [0.1, 0.15) is 19.8 Å². The number of benzene rings is 1. The van der Waals surface area contributed by atoms with E-state index in [2.05, 4.69) is 6.92 Å². The molecular weight excluding hydrogens is 197 g/mol. The maximum Gasteiger partial charge on any atom is 0.136 e. The SMILES string of the molecule is CCC[C@@H](N)CSc1ccccc1F. The van der Waals surface area contributed by atoms with E-state index in [0.29, 0.717) is 4.90 Å². The molecule has 1 aromatic carbocycles. The summed E-state index contributed by atoms with van der Waals surface area (Å²) in [7, 11) is 0. The predicted molar refractivity (Wildman–Crippen MR) is 60.0 cm³/mol. The molecule has 0 saturated heterocycles. The molecule has 14 heavy (non-hydrogen) atoms. The number of hydrogen-bond donors (Lipinski definition) is 1. The summed E-state index contributed by atoms with van der Waals surface area (Å²) in [5.74, 6) is 0.635. The molecule has 0 aliphatic carbocycles. The molecule has 0 amide bonds. The summed E-state index contributed by atoms with van der Waals surface area (Å²) in [4.78, 5) is 0.694. The quantitative estimate of drug-likeness (QED) is 0.761. The van der Waals surface area contributed by atoms with E-state index in [0.717, 1.165) is 18.6 Å². The molecule has 0 radical (unpaired) electrons. The molecule has 78 valence electrons. The van der Waals surface area contributed by atoms with Crippen LogP contribution in [0, 0.1) is 5.82 Å². The molecule has 2 N–H and O–H groups in total. The molecule has 0 spiro atoms. The highest BCUT2D eigenvalue weighted by molar-refractivity contribution is 7.99. The van der Waals surface area contributed by atoms with Crippen molar-refractivity contribution < 1.29 is 4.39 Å². The van der Waals surface area contributed by atoms with E-state index < -0.39 is 0 Å². The Kier molecular flexibility index (Phi) is 4.98. The Balaban J connectivity index is 2.41. The van der Waals surface area contributed by atoms with Crippen LogP contribution in [-0.4, -0.2) is 11.8 Å². The standard InChI is InChI=1S/C11H16FNS/c1-2-5-9(13)8-14-11-7-4-3-6-10(11)12/h3-4,6-7,9H,2,5,8,13H2,1H3/t9-/m1/s1. The monoisotopic (exact) mass is 213 g/mol. The number of hydrogen-bond acceptors (Lipinski definition) is 2. The average Bonchev–Trinajstić information content (AvgIpc) is 2.17. The van der Waals surface area contributed by atoms with Crippen molar-refractivity contribution in [3.05, 3.63) is 30.1 Å². The molecule has 0 heterocycles. The highest BCUT2D eigenvalue weighted by Crippen LogP contribution is 2.22. The second-order valence-corrected chi connectivity index (χ2v) is 4.35. The molecule has 0 bridgehead atoms. The summed E-state index contributed by atoms with van der Waals surface area (Å²) in [5, 5.41) is 0. The fourth-order valence-electron chi connectivity index (χ4n) is 1.21. The molecule has 1 nitrogen and oxygen atoms in total. The number of halogens is 1. The Labute approximate surface area is 88.9 Å². The van der Waals surface area contributed by atoms with Gasteiger partial charge in [0.15, 0.2) is 0 Å². The lowest BCUT2D eigenvalue weighted by Gasteiger charge is -2.09. The molecule has 0 saturated carbocycles. The Hall–Kier alpha value is -0.540. The largest absolute Gasteiger partial charge is 0.327 e. The van der Waals surface area contributed by atoms with Crippen molar-refractivity contribution in [2.45, 2.75) is 30.7 Å². The summed E-state index contributed by atoms with van der Waals surface area (Å²) in [5.41, 5.74) is 5.84. The fourth-order valence-corrected chi connectivity index (χ4v) is 2.15. The minimum absolute atomic E-state index is 0.152. The van der Waals surface area contributed by atoms with Gasteiger partial charge in [-0.3, -0.25) is 0 Å². The van der Waals surface area contributed by atoms with Crippen molar-refractivity contribution >= 4 is 11.8 Å². The molecule has 1 rings (SSSR count). The van der Waals surface area contributed by atoms with Gasteiger partial charge in [-0.2, -0.15) is 0 Å². The third-order valence-corrected chi connectivity index (χ3v) is 3.19. The van der Waals surface area contributed by atoms with E-state index >= 15 is 0 Å². The molecule has 0 fully saturated rings. The average molecular weight is 213 g/mol. The summed E-state index contributed by atoms with van der Waals surface area (Å²) in [6, 6.07) is 6.98. The van der Waals surface area contributed by atoms with Crippen LogP contribution in [0.3, 0.4) is 0 Å². The van der Waals surface area contributed by atoms with Crippen molar-refractivity contribution in [2.75, 3.05) is 5.75 Å². The van der Waals surface area contributed by atoms with Crippen molar-refractivity contribution in [2.24, 2.45) is 5.73 Å². The minimum Gasteiger partial charge on any atom is -0.327 e. The van der Waals surface area contributed by atoms with Crippen molar-refractivity contribution in [1.82, 2.24) is 0 Å². The topological polar surface area (TPSA) is 26.0 Å². The van der Waals surface area contributed by atoms with E-state index in [1.165, 1.54) is 17.8 Å². The molecule has 3 heteroatoms. The minimum atomic E-state index is -0.152. The molecule has 0 aliphatic rings. The Morgan fingerprint density at radius 2 is 2.14 bits per heavy atom. The van der Waals surface area contributed by atoms with Gasteiger partial charge in [0.2, 0.25) is 0 Å². The van der Waals surface area contributed by atoms with E-state index in [1.807, 2.05) is 6.07 Å². The molecule has 1 atom stereocenters. The maximum absolute atomic E-state index is 13.2. The van der Waals surface area contributed by atoms with Gasteiger partial charge >= 0.3 is 0 Å². The highest BCUT2D eigenvalue weighted by Gasteiger charge is 2.05. The second kappa shape index (κ2) is 6.04. The first-order valence-electron chi connectivity index (χ1n) is 4.87. The fraction of sp³-hybridized carbons (Fsp3) is 0.455.